The van der Waals surface area contributed by atoms with Crippen molar-refractivity contribution in [2.45, 2.75) is 13.3 Å². The van der Waals surface area contributed by atoms with Gasteiger partial charge in [-0.2, -0.15) is 0 Å². The number of nitro groups is 1. The molecule has 0 aliphatic rings. The summed E-state index contributed by atoms with van der Waals surface area (Å²) in [6.07, 6.45) is 0.791. The Balaban J connectivity index is 2.58. The molecule has 17 heavy (non-hydrogen) atoms. The van der Waals surface area contributed by atoms with E-state index in [0.29, 0.717) is 25.4 Å². The Hall–Kier alpha value is -1.82. The zero-order chi connectivity index (χ0) is 12.7. The molecule has 0 spiro atoms. The topological polar surface area (TPSA) is 90.4 Å². The van der Waals surface area contributed by atoms with Crippen molar-refractivity contribution in [2.24, 2.45) is 0 Å². The first kappa shape index (κ1) is 13.2. The smallest absolute Gasteiger partial charge is 0.314 e. The fourth-order valence-corrected chi connectivity index (χ4v) is 1.45. The van der Waals surface area contributed by atoms with Gasteiger partial charge in [-0.1, -0.05) is 6.07 Å². The van der Waals surface area contributed by atoms with Gasteiger partial charge in [-0.25, -0.2) is 0 Å². The number of benzene rings is 1. The second kappa shape index (κ2) is 6.70. The van der Waals surface area contributed by atoms with Gasteiger partial charge in [0.05, 0.1) is 4.92 Å². The molecule has 1 aromatic rings. The van der Waals surface area contributed by atoms with E-state index in [1.165, 1.54) is 6.07 Å². The van der Waals surface area contributed by atoms with Crippen LogP contribution in [-0.2, 0) is 4.74 Å². The summed E-state index contributed by atoms with van der Waals surface area (Å²) in [6, 6.07) is 4.85. The molecule has 94 valence electrons. The molecule has 0 aromatic heterocycles. The van der Waals surface area contributed by atoms with E-state index in [4.69, 9.17) is 10.5 Å². The van der Waals surface area contributed by atoms with E-state index in [-0.39, 0.29) is 11.4 Å². The van der Waals surface area contributed by atoms with Crippen LogP contribution < -0.4 is 11.1 Å². The minimum Gasteiger partial charge on any atom is -0.393 e. The molecular formula is C11H17N3O3. The first-order valence-corrected chi connectivity index (χ1v) is 5.51. The van der Waals surface area contributed by atoms with Crippen LogP contribution in [0.4, 0.5) is 17.1 Å². The van der Waals surface area contributed by atoms with Crippen molar-refractivity contribution in [3.05, 3.63) is 28.3 Å². The van der Waals surface area contributed by atoms with E-state index in [1.807, 2.05) is 6.92 Å². The van der Waals surface area contributed by atoms with Gasteiger partial charge >= 0.3 is 5.69 Å². The molecule has 1 aromatic carbocycles. The number of nitro benzene ring substituents is 1. The second-order valence-electron chi connectivity index (χ2n) is 3.48. The quantitative estimate of drug-likeness (QED) is 0.329. The highest BCUT2D eigenvalue weighted by Gasteiger charge is 2.16. The lowest BCUT2D eigenvalue weighted by Crippen LogP contribution is -2.08. The van der Waals surface area contributed by atoms with Gasteiger partial charge in [-0.3, -0.25) is 10.1 Å². The fraction of sp³-hybridized carbons (Fsp3) is 0.455. The van der Waals surface area contributed by atoms with Crippen LogP contribution in [0.15, 0.2) is 18.2 Å². The van der Waals surface area contributed by atoms with Gasteiger partial charge in [0.1, 0.15) is 11.4 Å². The summed E-state index contributed by atoms with van der Waals surface area (Å²) in [7, 11) is 0. The number of nitrogens with zero attached hydrogens (tertiary/aromatic N) is 1. The van der Waals surface area contributed by atoms with Crippen LogP contribution in [0.5, 0.6) is 0 Å². The normalized spacial score (nSPS) is 10.2. The molecule has 0 amide bonds. The van der Waals surface area contributed by atoms with Crippen molar-refractivity contribution in [2.75, 3.05) is 30.8 Å². The maximum Gasteiger partial charge on any atom is 0.314 e. The minimum absolute atomic E-state index is 0.0658. The third-order valence-electron chi connectivity index (χ3n) is 2.23. The van der Waals surface area contributed by atoms with Crippen molar-refractivity contribution in [1.82, 2.24) is 0 Å². The van der Waals surface area contributed by atoms with Crippen LogP contribution in [0.25, 0.3) is 0 Å². The van der Waals surface area contributed by atoms with Crippen molar-refractivity contribution in [3.8, 4) is 0 Å². The first-order chi connectivity index (χ1) is 8.16. The van der Waals surface area contributed by atoms with Crippen LogP contribution in [0.3, 0.4) is 0 Å². The van der Waals surface area contributed by atoms with E-state index in [1.54, 1.807) is 12.1 Å². The zero-order valence-electron chi connectivity index (χ0n) is 9.81. The van der Waals surface area contributed by atoms with Gasteiger partial charge in [0.15, 0.2) is 0 Å². The van der Waals surface area contributed by atoms with E-state index in [2.05, 4.69) is 5.32 Å². The standard InChI is InChI=1S/C11H17N3O3/c1-2-17-8-4-7-13-10-6-3-5-9(12)11(10)14(15)16/h3,5-6,13H,2,4,7-8,12H2,1H3. The maximum absolute atomic E-state index is 10.8. The Bertz CT molecular complexity index is 382. The summed E-state index contributed by atoms with van der Waals surface area (Å²) < 4.78 is 5.17. The van der Waals surface area contributed by atoms with Crippen molar-refractivity contribution >= 4 is 17.1 Å². The maximum atomic E-state index is 10.8. The van der Waals surface area contributed by atoms with Crippen LogP contribution in [0.2, 0.25) is 0 Å². The van der Waals surface area contributed by atoms with Crippen LogP contribution in [0.1, 0.15) is 13.3 Å². The van der Waals surface area contributed by atoms with Crippen LogP contribution >= 0.6 is 0 Å². The average Bonchev–Trinajstić information content (AvgIpc) is 2.28. The summed E-state index contributed by atoms with van der Waals surface area (Å²) in [4.78, 5) is 10.4. The molecule has 0 fully saturated rings. The SMILES string of the molecule is CCOCCCNc1cccc(N)c1[N+](=O)[O-]. The Morgan fingerprint density at radius 2 is 2.29 bits per heavy atom. The zero-order valence-corrected chi connectivity index (χ0v) is 9.81. The molecule has 0 aliphatic carbocycles. The Labute approximate surface area is 99.9 Å². The fourth-order valence-electron chi connectivity index (χ4n) is 1.45. The Morgan fingerprint density at radius 3 is 2.94 bits per heavy atom. The number of nitrogen functional groups attached to an aromatic ring is 1. The molecule has 0 atom stereocenters. The number of ether oxygens (including phenoxy) is 1. The predicted octanol–water partition coefficient (Wildman–Crippen LogP) is 2.02. The van der Waals surface area contributed by atoms with Crippen LogP contribution in [-0.4, -0.2) is 24.7 Å². The van der Waals surface area contributed by atoms with Crippen LogP contribution in [0, 0.1) is 10.1 Å². The lowest BCUT2D eigenvalue weighted by Gasteiger charge is -2.08. The molecule has 0 unspecified atom stereocenters. The molecule has 0 bridgehead atoms. The third kappa shape index (κ3) is 3.92. The predicted molar refractivity (Wildman–Crippen MR) is 67.1 cm³/mol. The number of para-hydroxylation sites is 1. The number of nitrogens with one attached hydrogen (secondary N) is 1. The summed E-state index contributed by atoms with van der Waals surface area (Å²) in [5.41, 5.74) is 6.12. The molecule has 6 heteroatoms. The number of hydrogen-bond acceptors (Lipinski definition) is 5. The van der Waals surface area contributed by atoms with Gasteiger partial charge in [-0.15, -0.1) is 0 Å². The summed E-state index contributed by atoms with van der Waals surface area (Å²) in [6.45, 7) is 3.86. The highest BCUT2D eigenvalue weighted by Crippen LogP contribution is 2.30. The van der Waals surface area contributed by atoms with Gasteiger partial charge < -0.3 is 15.8 Å². The lowest BCUT2D eigenvalue weighted by molar-refractivity contribution is -0.383. The highest BCUT2D eigenvalue weighted by atomic mass is 16.6. The molecule has 0 aliphatic heterocycles. The summed E-state index contributed by atoms with van der Waals surface area (Å²) >= 11 is 0. The number of hydrogen-bond donors (Lipinski definition) is 2. The number of rotatable bonds is 7. The molecule has 0 heterocycles. The van der Waals surface area contributed by atoms with E-state index in [0.717, 1.165) is 6.42 Å². The summed E-state index contributed by atoms with van der Waals surface area (Å²) in [5, 5.41) is 13.8. The van der Waals surface area contributed by atoms with Gasteiger partial charge in [0, 0.05) is 19.8 Å². The number of nitrogens with two attached hydrogens (primary N) is 1. The molecule has 3 N–H and O–H groups in total. The summed E-state index contributed by atoms with van der Waals surface area (Å²) in [5.74, 6) is 0. The Morgan fingerprint density at radius 1 is 1.53 bits per heavy atom. The Kier molecular flexibility index (Phi) is 5.22. The van der Waals surface area contributed by atoms with E-state index >= 15 is 0 Å². The lowest BCUT2D eigenvalue weighted by atomic mass is 10.2. The van der Waals surface area contributed by atoms with Gasteiger partial charge in [-0.05, 0) is 25.5 Å². The largest absolute Gasteiger partial charge is 0.393 e. The van der Waals surface area contributed by atoms with Crippen molar-refractivity contribution in [3.63, 3.8) is 0 Å². The molecule has 0 saturated heterocycles. The second-order valence-corrected chi connectivity index (χ2v) is 3.48. The minimum atomic E-state index is -0.472. The average molecular weight is 239 g/mol. The first-order valence-electron chi connectivity index (χ1n) is 5.51. The van der Waals surface area contributed by atoms with Crippen molar-refractivity contribution < 1.29 is 9.66 Å². The monoisotopic (exact) mass is 239 g/mol. The number of anilines is 2. The highest BCUT2D eigenvalue weighted by molar-refractivity contribution is 5.74. The molecule has 6 nitrogen and oxygen atoms in total. The molecular weight excluding hydrogens is 222 g/mol. The van der Waals surface area contributed by atoms with Gasteiger partial charge in [0.25, 0.3) is 0 Å². The van der Waals surface area contributed by atoms with E-state index < -0.39 is 4.92 Å². The third-order valence-corrected chi connectivity index (χ3v) is 2.23. The van der Waals surface area contributed by atoms with Gasteiger partial charge in [0.2, 0.25) is 0 Å². The van der Waals surface area contributed by atoms with E-state index in [9.17, 15) is 10.1 Å². The van der Waals surface area contributed by atoms with Crippen molar-refractivity contribution in [1.29, 1.82) is 0 Å². The molecule has 0 saturated carbocycles. The molecule has 1 rings (SSSR count). The molecule has 0 radical (unpaired) electrons.